The first kappa shape index (κ1) is 16.6. The Morgan fingerprint density at radius 2 is 1.74 bits per heavy atom. The van der Waals surface area contributed by atoms with Crippen LogP contribution in [-0.2, 0) is 0 Å². The van der Waals surface area contributed by atoms with E-state index in [-0.39, 0.29) is 11.0 Å². The number of rotatable bonds is 3. The smallest absolute Gasteiger partial charge is 0.132 e. The van der Waals surface area contributed by atoms with Crippen LogP contribution in [0.25, 0.3) is 6.08 Å². The zero-order valence-corrected chi connectivity index (χ0v) is 13.8. The summed E-state index contributed by atoms with van der Waals surface area (Å²) < 4.78 is 5.15. The first-order valence-corrected chi connectivity index (χ1v) is 7.53. The second kappa shape index (κ2) is 6.99. The lowest BCUT2D eigenvalue weighted by Crippen LogP contribution is -2.17. The Hall–Kier alpha value is -2.78. The molecule has 3 heteroatoms. The van der Waals surface area contributed by atoms with Crippen LogP contribution in [0, 0.1) is 28.1 Å². The van der Waals surface area contributed by atoms with Crippen LogP contribution in [0.2, 0.25) is 0 Å². The van der Waals surface area contributed by atoms with Gasteiger partial charge in [0.1, 0.15) is 23.5 Å². The summed E-state index contributed by atoms with van der Waals surface area (Å²) in [5.41, 5.74) is 3.31. The third-order valence-electron chi connectivity index (χ3n) is 3.86. The van der Waals surface area contributed by atoms with Gasteiger partial charge in [0, 0.05) is 0 Å². The first-order chi connectivity index (χ1) is 11.0. The molecule has 0 fully saturated rings. The van der Waals surface area contributed by atoms with E-state index in [1.54, 1.807) is 7.11 Å². The SMILES string of the molecule is COc1ccc(C=CC2=CC(=C(C#N)C#N)CC(C)(C)C2)cc1. The molecule has 0 bridgehead atoms. The van der Waals surface area contributed by atoms with Crippen LogP contribution in [0.5, 0.6) is 5.75 Å². The Kier molecular flexibility index (Phi) is 5.04. The van der Waals surface area contributed by atoms with Crippen molar-refractivity contribution in [1.29, 1.82) is 10.5 Å². The fourth-order valence-corrected chi connectivity index (χ4v) is 2.81. The van der Waals surface area contributed by atoms with E-state index in [0.29, 0.717) is 0 Å². The van der Waals surface area contributed by atoms with Gasteiger partial charge in [-0.05, 0) is 47.1 Å². The normalized spacial score (nSPS) is 16.4. The van der Waals surface area contributed by atoms with Gasteiger partial charge in [-0.1, -0.05) is 44.2 Å². The Bertz CT molecular complexity index is 734. The molecule has 0 aromatic heterocycles. The molecular weight excluding hydrogens is 284 g/mol. The molecule has 0 unspecified atom stereocenters. The Morgan fingerprint density at radius 1 is 1.09 bits per heavy atom. The summed E-state index contributed by atoms with van der Waals surface area (Å²) >= 11 is 0. The van der Waals surface area contributed by atoms with E-state index >= 15 is 0 Å². The first-order valence-electron chi connectivity index (χ1n) is 7.53. The van der Waals surface area contributed by atoms with E-state index in [9.17, 15) is 0 Å². The average molecular weight is 304 g/mol. The lowest BCUT2D eigenvalue weighted by molar-refractivity contribution is 0.354. The quantitative estimate of drug-likeness (QED) is 0.754. The summed E-state index contributed by atoms with van der Waals surface area (Å²) in [4.78, 5) is 0. The highest BCUT2D eigenvalue weighted by Crippen LogP contribution is 2.39. The molecule has 0 atom stereocenters. The fraction of sp³-hybridized carbons (Fsp3) is 0.300. The predicted octanol–water partition coefficient (Wildman–Crippen LogP) is 4.80. The zero-order chi connectivity index (χ0) is 16.9. The summed E-state index contributed by atoms with van der Waals surface area (Å²) in [5, 5.41) is 18.2. The molecule has 0 heterocycles. The van der Waals surface area contributed by atoms with Crippen LogP contribution in [-0.4, -0.2) is 7.11 Å². The molecule has 0 radical (unpaired) electrons. The van der Waals surface area contributed by atoms with E-state index in [0.717, 1.165) is 35.3 Å². The number of allylic oxidation sites excluding steroid dienone is 5. The minimum Gasteiger partial charge on any atom is -0.497 e. The fourth-order valence-electron chi connectivity index (χ4n) is 2.81. The topological polar surface area (TPSA) is 56.8 Å². The highest BCUT2D eigenvalue weighted by atomic mass is 16.5. The standard InChI is InChI=1S/C20H20N2O/c1-20(2)11-16(10-17(12-20)18(13-21)14-22)5-4-15-6-8-19(23-3)9-7-15/h4-10H,11-12H2,1-3H3. The van der Waals surface area contributed by atoms with Crippen LogP contribution < -0.4 is 4.74 Å². The van der Waals surface area contributed by atoms with Gasteiger partial charge in [0.15, 0.2) is 0 Å². The lowest BCUT2D eigenvalue weighted by Gasteiger charge is -2.30. The molecule has 1 aliphatic rings. The van der Waals surface area contributed by atoms with Crippen molar-refractivity contribution in [3.63, 3.8) is 0 Å². The van der Waals surface area contributed by atoms with Crippen molar-refractivity contribution in [3.8, 4) is 17.9 Å². The Labute approximate surface area is 137 Å². The second-order valence-electron chi connectivity index (χ2n) is 6.47. The van der Waals surface area contributed by atoms with Gasteiger partial charge in [-0.2, -0.15) is 10.5 Å². The van der Waals surface area contributed by atoms with Gasteiger partial charge in [-0.25, -0.2) is 0 Å². The van der Waals surface area contributed by atoms with Gasteiger partial charge >= 0.3 is 0 Å². The predicted molar refractivity (Wildman–Crippen MR) is 91.4 cm³/mol. The van der Waals surface area contributed by atoms with Gasteiger partial charge in [0.05, 0.1) is 7.11 Å². The van der Waals surface area contributed by atoms with Crippen molar-refractivity contribution in [2.75, 3.05) is 7.11 Å². The third-order valence-corrected chi connectivity index (χ3v) is 3.86. The molecule has 23 heavy (non-hydrogen) atoms. The van der Waals surface area contributed by atoms with Gasteiger partial charge in [-0.15, -0.1) is 0 Å². The average Bonchev–Trinajstić information content (AvgIpc) is 2.53. The maximum atomic E-state index is 9.10. The molecule has 0 N–H and O–H groups in total. The summed E-state index contributed by atoms with van der Waals surface area (Å²) in [6.07, 6.45) is 7.77. The maximum absolute atomic E-state index is 9.10. The second-order valence-corrected chi connectivity index (χ2v) is 6.47. The number of nitrogens with zero attached hydrogens (tertiary/aromatic N) is 2. The zero-order valence-electron chi connectivity index (χ0n) is 13.8. The van der Waals surface area contributed by atoms with Gasteiger partial charge < -0.3 is 4.74 Å². The van der Waals surface area contributed by atoms with Crippen molar-refractivity contribution in [3.05, 3.63) is 58.7 Å². The monoisotopic (exact) mass is 304 g/mol. The Balaban J connectivity index is 2.30. The van der Waals surface area contributed by atoms with E-state index in [1.807, 2.05) is 48.6 Å². The largest absolute Gasteiger partial charge is 0.497 e. The molecule has 0 saturated carbocycles. The molecule has 3 nitrogen and oxygen atoms in total. The molecule has 116 valence electrons. The lowest BCUT2D eigenvalue weighted by atomic mass is 9.74. The van der Waals surface area contributed by atoms with Crippen LogP contribution in [0.4, 0.5) is 0 Å². The summed E-state index contributed by atoms with van der Waals surface area (Å²) in [6, 6.07) is 11.8. The molecule has 1 aliphatic carbocycles. The van der Waals surface area contributed by atoms with Crippen molar-refractivity contribution >= 4 is 6.08 Å². The van der Waals surface area contributed by atoms with E-state index in [4.69, 9.17) is 15.3 Å². The minimum atomic E-state index is 0.0443. The maximum Gasteiger partial charge on any atom is 0.132 e. The van der Waals surface area contributed by atoms with E-state index in [2.05, 4.69) is 19.9 Å². The number of hydrogen-bond acceptors (Lipinski definition) is 3. The summed E-state index contributed by atoms with van der Waals surface area (Å²) in [5.74, 6) is 0.832. The van der Waals surface area contributed by atoms with Gasteiger partial charge in [0.2, 0.25) is 0 Å². The van der Waals surface area contributed by atoms with Crippen LogP contribution in [0.1, 0.15) is 32.3 Å². The van der Waals surface area contributed by atoms with Gasteiger partial charge in [-0.3, -0.25) is 0 Å². The van der Waals surface area contributed by atoms with Crippen molar-refractivity contribution < 1.29 is 4.74 Å². The molecule has 0 spiro atoms. The van der Waals surface area contributed by atoms with E-state index in [1.165, 1.54) is 0 Å². The molecular formula is C20H20N2O. The number of ether oxygens (including phenoxy) is 1. The van der Waals surface area contributed by atoms with Gasteiger partial charge in [0.25, 0.3) is 0 Å². The highest BCUT2D eigenvalue weighted by Gasteiger charge is 2.26. The Morgan fingerprint density at radius 3 is 2.30 bits per heavy atom. The number of benzene rings is 1. The van der Waals surface area contributed by atoms with Crippen LogP contribution in [0.15, 0.2) is 53.1 Å². The van der Waals surface area contributed by atoms with Crippen molar-refractivity contribution in [2.24, 2.45) is 5.41 Å². The summed E-state index contributed by atoms with van der Waals surface area (Å²) in [7, 11) is 1.65. The number of methoxy groups -OCH3 is 1. The number of nitriles is 2. The molecule has 1 aromatic rings. The van der Waals surface area contributed by atoms with Crippen molar-refractivity contribution in [2.45, 2.75) is 26.7 Å². The van der Waals surface area contributed by atoms with Crippen LogP contribution >= 0.6 is 0 Å². The highest BCUT2D eigenvalue weighted by molar-refractivity contribution is 5.56. The van der Waals surface area contributed by atoms with E-state index < -0.39 is 0 Å². The third kappa shape index (κ3) is 4.34. The molecule has 0 aliphatic heterocycles. The molecule has 0 amide bonds. The minimum absolute atomic E-state index is 0.0443. The summed E-state index contributed by atoms with van der Waals surface area (Å²) in [6.45, 7) is 4.32. The molecule has 2 rings (SSSR count). The number of hydrogen-bond donors (Lipinski definition) is 0. The van der Waals surface area contributed by atoms with Crippen molar-refractivity contribution in [1.82, 2.24) is 0 Å². The molecule has 0 saturated heterocycles. The molecule has 1 aromatic carbocycles. The van der Waals surface area contributed by atoms with Crippen LogP contribution in [0.3, 0.4) is 0 Å².